The molecule has 2 aromatic carbocycles. The first kappa shape index (κ1) is 23.9. The molecule has 0 bridgehead atoms. The van der Waals surface area contributed by atoms with E-state index in [2.05, 4.69) is 65.1 Å². The second-order valence-electron chi connectivity index (χ2n) is 8.88. The highest BCUT2D eigenvalue weighted by Crippen LogP contribution is 2.40. The molecule has 0 fully saturated rings. The Bertz CT molecular complexity index is 870. The third-order valence-electron chi connectivity index (χ3n) is 5.80. The summed E-state index contributed by atoms with van der Waals surface area (Å²) in [4.78, 5) is 0. The zero-order chi connectivity index (χ0) is 22.5. The second-order valence-corrected chi connectivity index (χ2v) is 13.6. The summed E-state index contributed by atoms with van der Waals surface area (Å²) in [6.45, 7) is 13.5. The molecule has 0 aliphatic heterocycles. The van der Waals surface area contributed by atoms with Gasteiger partial charge in [0.25, 0.3) is 0 Å². The molecule has 0 atom stereocenters. The van der Waals surface area contributed by atoms with E-state index in [0.717, 1.165) is 23.3 Å². The van der Waals surface area contributed by atoms with E-state index in [4.69, 9.17) is 18.6 Å². The van der Waals surface area contributed by atoms with Gasteiger partial charge in [0.2, 0.25) is 14.1 Å². The van der Waals surface area contributed by atoms with Gasteiger partial charge in [0, 0.05) is 0 Å². The Kier molecular flexibility index (Phi) is 7.64. The fourth-order valence-electron chi connectivity index (χ4n) is 2.88. The molecule has 0 aromatic heterocycles. The molecule has 4 nitrogen and oxygen atoms in total. The highest BCUT2D eigenvalue weighted by atomic mass is 28.4. The number of hydrogen-bond donors (Lipinski definition) is 0. The van der Waals surface area contributed by atoms with Crippen LogP contribution in [-0.4, -0.2) is 29.6 Å². The molecule has 30 heavy (non-hydrogen) atoms. The molecule has 0 N–H and O–H groups in total. The maximum absolute atomic E-state index is 6.63. The highest BCUT2D eigenvalue weighted by Gasteiger charge is 2.39. The Morgan fingerprint density at radius 1 is 0.800 bits per heavy atom. The van der Waals surface area contributed by atoms with E-state index in [-0.39, 0.29) is 5.04 Å². The summed E-state index contributed by atoms with van der Waals surface area (Å²) in [6, 6.07) is 10.3. The van der Waals surface area contributed by atoms with E-state index in [1.165, 1.54) is 5.56 Å². The normalized spacial score (nSPS) is 12.2. The van der Waals surface area contributed by atoms with Gasteiger partial charge in [-0.1, -0.05) is 52.0 Å². The molecule has 0 spiro atoms. The van der Waals surface area contributed by atoms with Crippen molar-refractivity contribution < 1.29 is 18.6 Å². The number of rotatable bonds is 8. The fraction of sp³-hybridized carbons (Fsp3) is 0.440. The predicted octanol–water partition coefficient (Wildman–Crippen LogP) is 6.83. The zero-order valence-electron chi connectivity index (χ0n) is 19.9. The first-order chi connectivity index (χ1) is 14.1. The van der Waals surface area contributed by atoms with Crippen molar-refractivity contribution in [3.63, 3.8) is 0 Å². The molecular weight excluding hydrogens is 392 g/mol. The third-order valence-corrected chi connectivity index (χ3v) is 10.1. The Balaban J connectivity index is 2.39. The van der Waals surface area contributed by atoms with Crippen LogP contribution >= 0.6 is 0 Å². The molecule has 0 saturated heterocycles. The molecule has 0 saturated carbocycles. The Hall–Kier alpha value is -2.40. The monoisotopic (exact) mass is 428 g/mol. The van der Waals surface area contributed by atoms with Gasteiger partial charge in [-0.25, -0.2) is 0 Å². The minimum Gasteiger partial charge on any atom is -0.543 e. The smallest absolute Gasteiger partial charge is 0.250 e. The second kappa shape index (κ2) is 9.60. The maximum atomic E-state index is 6.63. The van der Waals surface area contributed by atoms with Gasteiger partial charge in [0.15, 0.2) is 11.5 Å². The lowest BCUT2D eigenvalue weighted by atomic mass is 10.1. The fourth-order valence-corrected chi connectivity index (χ4v) is 3.93. The summed E-state index contributed by atoms with van der Waals surface area (Å²) in [5.41, 5.74) is 3.30. The summed E-state index contributed by atoms with van der Waals surface area (Å²) in [5.74, 6) is 2.87. The third kappa shape index (κ3) is 5.39. The van der Waals surface area contributed by atoms with Crippen LogP contribution in [0.1, 0.15) is 44.4 Å². The number of aryl methyl sites for hydroxylation is 1. The van der Waals surface area contributed by atoms with Gasteiger partial charge >= 0.3 is 0 Å². The van der Waals surface area contributed by atoms with E-state index >= 15 is 0 Å². The molecule has 0 unspecified atom stereocenters. The Labute approximate surface area is 183 Å². The van der Waals surface area contributed by atoms with Gasteiger partial charge in [-0.15, -0.1) is 0 Å². The van der Waals surface area contributed by atoms with Crippen molar-refractivity contribution in [3.05, 3.63) is 47.0 Å². The van der Waals surface area contributed by atoms with Crippen LogP contribution in [-0.2, 0) is 6.42 Å². The molecule has 2 aromatic rings. The van der Waals surface area contributed by atoms with Gasteiger partial charge in [-0.2, -0.15) is 0 Å². The standard InChI is InChI=1S/C25H36O4Si/c1-10-20-14-13-18(15-21(20)29-30(8,9)25(2,3)4)11-12-19-16-22(26-5)24(28-7)23(17-19)27-6/h11-17H,10H2,1-9H3/b12-11-. The van der Waals surface area contributed by atoms with Crippen LogP contribution in [0.4, 0.5) is 0 Å². The first-order valence-corrected chi connectivity index (χ1v) is 13.3. The summed E-state index contributed by atoms with van der Waals surface area (Å²) >= 11 is 0. The van der Waals surface area contributed by atoms with Crippen LogP contribution in [0.3, 0.4) is 0 Å². The highest BCUT2D eigenvalue weighted by molar-refractivity contribution is 6.74. The van der Waals surface area contributed by atoms with Crippen molar-refractivity contribution in [3.8, 4) is 23.0 Å². The molecule has 164 valence electrons. The lowest BCUT2D eigenvalue weighted by Gasteiger charge is -2.37. The summed E-state index contributed by atoms with van der Waals surface area (Å²) in [5, 5.41) is 0.153. The molecule has 0 heterocycles. The number of hydrogen-bond acceptors (Lipinski definition) is 4. The van der Waals surface area contributed by atoms with E-state index in [0.29, 0.717) is 17.2 Å². The quantitative estimate of drug-likeness (QED) is 0.341. The molecule has 0 aliphatic rings. The average Bonchev–Trinajstić information content (AvgIpc) is 2.70. The molecular formula is C25H36O4Si. The molecule has 5 heteroatoms. The van der Waals surface area contributed by atoms with Crippen molar-refractivity contribution in [2.75, 3.05) is 21.3 Å². The molecule has 0 amide bonds. The van der Waals surface area contributed by atoms with E-state index in [1.54, 1.807) is 21.3 Å². The van der Waals surface area contributed by atoms with Crippen molar-refractivity contribution in [1.82, 2.24) is 0 Å². The van der Waals surface area contributed by atoms with Crippen molar-refractivity contribution in [1.29, 1.82) is 0 Å². The minimum absolute atomic E-state index is 0.153. The summed E-state index contributed by atoms with van der Waals surface area (Å²) < 4.78 is 22.9. The maximum Gasteiger partial charge on any atom is 0.250 e. The zero-order valence-corrected chi connectivity index (χ0v) is 20.9. The van der Waals surface area contributed by atoms with Crippen molar-refractivity contribution in [2.24, 2.45) is 0 Å². The van der Waals surface area contributed by atoms with Crippen LogP contribution in [0, 0.1) is 0 Å². The van der Waals surface area contributed by atoms with Crippen LogP contribution in [0.25, 0.3) is 12.2 Å². The van der Waals surface area contributed by atoms with Crippen LogP contribution in [0.5, 0.6) is 23.0 Å². The number of ether oxygens (including phenoxy) is 3. The van der Waals surface area contributed by atoms with E-state index in [9.17, 15) is 0 Å². The first-order valence-electron chi connectivity index (χ1n) is 10.4. The minimum atomic E-state index is -1.91. The van der Waals surface area contributed by atoms with Gasteiger partial charge in [-0.05, 0) is 59.4 Å². The van der Waals surface area contributed by atoms with Crippen LogP contribution < -0.4 is 18.6 Å². The van der Waals surface area contributed by atoms with Crippen LogP contribution in [0.15, 0.2) is 30.3 Å². The summed E-state index contributed by atoms with van der Waals surface area (Å²) in [7, 11) is 2.94. The number of benzene rings is 2. The van der Waals surface area contributed by atoms with E-state index < -0.39 is 8.32 Å². The van der Waals surface area contributed by atoms with Gasteiger partial charge < -0.3 is 18.6 Å². The molecule has 0 radical (unpaired) electrons. The lowest BCUT2D eigenvalue weighted by molar-refractivity contribution is 0.324. The topological polar surface area (TPSA) is 36.9 Å². The van der Waals surface area contributed by atoms with Gasteiger partial charge in [0.1, 0.15) is 5.75 Å². The number of methoxy groups -OCH3 is 3. The Morgan fingerprint density at radius 3 is 1.80 bits per heavy atom. The molecule has 0 aliphatic carbocycles. The van der Waals surface area contributed by atoms with Crippen molar-refractivity contribution in [2.45, 2.75) is 52.2 Å². The molecule has 2 rings (SSSR count). The average molecular weight is 429 g/mol. The lowest BCUT2D eigenvalue weighted by Crippen LogP contribution is -2.44. The van der Waals surface area contributed by atoms with Crippen LogP contribution in [0.2, 0.25) is 18.1 Å². The Morgan fingerprint density at radius 2 is 1.33 bits per heavy atom. The van der Waals surface area contributed by atoms with E-state index in [1.807, 2.05) is 18.2 Å². The SMILES string of the molecule is CCc1ccc(/C=C\c2cc(OC)c(OC)c(OC)c2)cc1O[Si](C)(C)C(C)(C)C. The summed E-state index contributed by atoms with van der Waals surface area (Å²) in [6.07, 6.45) is 5.07. The van der Waals surface area contributed by atoms with Gasteiger partial charge in [-0.3, -0.25) is 0 Å². The largest absolute Gasteiger partial charge is 0.543 e. The predicted molar refractivity (Wildman–Crippen MR) is 129 cm³/mol. The van der Waals surface area contributed by atoms with Gasteiger partial charge in [0.05, 0.1) is 21.3 Å². The van der Waals surface area contributed by atoms with Crippen molar-refractivity contribution >= 4 is 20.5 Å².